The van der Waals surface area contributed by atoms with Gasteiger partial charge < -0.3 is 10.2 Å². The third-order valence-electron chi connectivity index (χ3n) is 4.60. The van der Waals surface area contributed by atoms with E-state index in [4.69, 9.17) is 6.57 Å². The van der Waals surface area contributed by atoms with Gasteiger partial charge in [0.05, 0.1) is 12.1 Å². The molecule has 0 unspecified atom stereocenters. The summed E-state index contributed by atoms with van der Waals surface area (Å²) in [5.41, 5.74) is 0.889. The van der Waals surface area contributed by atoms with E-state index in [1.807, 2.05) is 49.9 Å². The SMILES string of the molecule is [C-]#[N+]c1ccc(N(CCCc2ccc(NC(C)=O)cc2)CC(C)(C)C)cc1C(F)(F)F. The van der Waals surface area contributed by atoms with Crippen molar-refractivity contribution in [3.05, 3.63) is 65.0 Å². The van der Waals surface area contributed by atoms with Crippen LogP contribution in [0.1, 0.15) is 45.2 Å². The summed E-state index contributed by atoms with van der Waals surface area (Å²) in [7, 11) is 0. The number of benzene rings is 2. The maximum atomic E-state index is 13.4. The molecule has 0 aliphatic heterocycles. The van der Waals surface area contributed by atoms with Gasteiger partial charge in [-0.15, -0.1) is 0 Å². The second kappa shape index (κ2) is 9.86. The van der Waals surface area contributed by atoms with Gasteiger partial charge in [-0.25, -0.2) is 4.85 Å². The van der Waals surface area contributed by atoms with Crippen molar-refractivity contribution in [2.45, 2.75) is 46.7 Å². The number of amides is 1. The first-order valence-corrected chi connectivity index (χ1v) is 10.1. The fourth-order valence-electron chi connectivity index (χ4n) is 3.35. The Morgan fingerprint density at radius 1 is 1.10 bits per heavy atom. The first kappa shape index (κ1) is 24.3. The van der Waals surface area contributed by atoms with Crippen molar-refractivity contribution in [1.82, 2.24) is 0 Å². The van der Waals surface area contributed by atoms with Crippen LogP contribution in [0.2, 0.25) is 0 Å². The molecule has 0 bridgehead atoms. The van der Waals surface area contributed by atoms with E-state index >= 15 is 0 Å². The molecule has 0 aliphatic carbocycles. The normalized spacial score (nSPS) is 11.7. The lowest BCUT2D eigenvalue weighted by atomic mass is 9.95. The van der Waals surface area contributed by atoms with Gasteiger partial charge in [0.1, 0.15) is 0 Å². The third-order valence-corrected chi connectivity index (χ3v) is 4.60. The Bertz CT molecular complexity index is 939. The minimum atomic E-state index is -4.57. The highest BCUT2D eigenvalue weighted by Crippen LogP contribution is 2.39. The van der Waals surface area contributed by atoms with Crippen molar-refractivity contribution in [1.29, 1.82) is 0 Å². The standard InChI is InChI=1S/C24H28F3N3O/c1-17(31)29-19-10-8-18(9-11-19)7-6-14-30(16-23(2,3)4)20-12-13-22(28-5)21(15-20)24(25,26)27/h8-13,15H,6-7,14,16H2,1-4H3,(H,29,31). The second-order valence-electron chi connectivity index (χ2n) is 8.77. The summed E-state index contributed by atoms with van der Waals surface area (Å²) in [4.78, 5) is 16.1. The summed E-state index contributed by atoms with van der Waals surface area (Å²) >= 11 is 0. The first-order valence-electron chi connectivity index (χ1n) is 10.1. The molecule has 0 atom stereocenters. The number of hydrogen-bond acceptors (Lipinski definition) is 2. The molecule has 4 nitrogen and oxygen atoms in total. The molecule has 0 aliphatic rings. The number of alkyl halides is 3. The molecule has 1 amide bonds. The van der Waals surface area contributed by atoms with Crippen LogP contribution in [0.15, 0.2) is 42.5 Å². The number of carbonyl (C=O) groups is 1. The van der Waals surface area contributed by atoms with E-state index in [1.165, 1.54) is 13.0 Å². The maximum Gasteiger partial charge on any atom is 0.407 e. The monoisotopic (exact) mass is 431 g/mol. The first-order chi connectivity index (χ1) is 14.4. The van der Waals surface area contributed by atoms with Gasteiger partial charge in [0.15, 0.2) is 5.69 Å². The number of nitrogens with zero attached hydrogens (tertiary/aromatic N) is 2. The van der Waals surface area contributed by atoms with Gasteiger partial charge in [-0.2, -0.15) is 13.2 Å². The van der Waals surface area contributed by atoms with Gasteiger partial charge in [0.25, 0.3) is 0 Å². The summed E-state index contributed by atoms with van der Waals surface area (Å²) in [5.74, 6) is -0.131. The Morgan fingerprint density at radius 2 is 1.74 bits per heavy atom. The van der Waals surface area contributed by atoms with Crippen LogP contribution in [-0.4, -0.2) is 19.0 Å². The zero-order valence-electron chi connectivity index (χ0n) is 18.3. The summed E-state index contributed by atoms with van der Waals surface area (Å²) < 4.78 is 40.2. The van der Waals surface area contributed by atoms with Gasteiger partial charge in [-0.1, -0.05) is 39.0 Å². The van der Waals surface area contributed by atoms with E-state index in [-0.39, 0.29) is 17.0 Å². The quantitative estimate of drug-likeness (QED) is 0.495. The van der Waals surface area contributed by atoms with Crippen LogP contribution >= 0.6 is 0 Å². The Morgan fingerprint density at radius 3 is 2.26 bits per heavy atom. The van der Waals surface area contributed by atoms with Crippen LogP contribution in [0, 0.1) is 12.0 Å². The highest BCUT2D eigenvalue weighted by Gasteiger charge is 2.34. The summed E-state index contributed by atoms with van der Waals surface area (Å²) in [6.07, 6.45) is -3.06. The highest BCUT2D eigenvalue weighted by molar-refractivity contribution is 5.88. The van der Waals surface area contributed by atoms with Crippen LogP contribution in [0.5, 0.6) is 0 Å². The molecule has 0 saturated heterocycles. The molecule has 2 rings (SSSR count). The third kappa shape index (κ3) is 7.63. The van der Waals surface area contributed by atoms with Crippen LogP contribution in [0.4, 0.5) is 30.2 Å². The molecular weight excluding hydrogens is 403 g/mol. The molecule has 0 saturated carbocycles. The lowest BCUT2D eigenvalue weighted by molar-refractivity contribution is -0.136. The highest BCUT2D eigenvalue weighted by atomic mass is 19.4. The lowest BCUT2D eigenvalue weighted by Crippen LogP contribution is -2.34. The van der Waals surface area contributed by atoms with Gasteiger partial charge in [-0.3, -0.25) is 4.79 Å². The topological polar surface area (TPSA) is 36.7 Å². The van der Waals surface area contributed by atoms with Gasteiger partial charge in [0.2, 0.25) is 5.91 Å². The fraction of sp³-hybridized carbons (Fsp3) is 0.417. The van der Waals surface area contributed by atoms with E-state index < -0.39 is 11.7 Å². The van der Waals surface area contributed by atoms with Crippen molar-refractivity contribution in [2.75, 3.05) is 23.3 Å². The summed E-state index contributed by atoms with van der Waals surface area (Å²) in [6.45, 7) is 15.8. The Kier molecular flexibility index (Phi) is 7.72. The Labute approximate surface area is 181 Å². The van der Waals surface area contributed by atoms with Gasteiger partial charge in [-0.05, 0) is 48.1 Å². The van der Waals surface area contributed by atoms with E-state index in [0.717, 1.165) is 30.2 Å². The van der Waals surface area contributed by atoms with Gasteiger partial charge >= 0.3 is 6.18 Å². The molecule has 7 heteroatoms. The number of halogens is 3. The van der Waals surface area contributed by atoms with Crippen molar-refractivity contribution >= 4 is 23.0 Å². The van der Waals surface area contributed by atoms with E-state index in [2.05, 4.69) is 10.2 Å². The largest absolute Gasteiger partial charge is 0.407 e. The number of anilines is 2. The molecule has 0 heterocycles. The van der Waals surface area contributed by atoms with Crippen LogP contribution in [-0.2, 0) is 17.4 Å². The summed E-state index contributed by atoms with van der Waals surface area (Å²) in [6, 6.07) is 11.5. The zero-order chi connectivity index (χ0) is 23.2. The van der Waals surface area contributed by atoms with E-state index in [9.17, 15) is 18.0 Å². The smallest absolute Gasteiger partial charge is 0.371 e. The summed E-state index contributed by atoms with van der Waals surface area (Å²) in [5, 5.41) is 2.72. The number of nitrogens with one attached hydrogen (secondary N) is 1. The van der Waals surface area contributed by atoms with Crippen LogP contribution in [0.3, 0.4) is 0 Å². The molecule has 2 aromatic carbocycles. The van der Waals surface area contributed by atoms with Crippen molar-refractivity contribution in [3.63, 3.8) is 0 Å². The molecule has 0 aromatic heterocycles. The minimum Gasteiger partial charge on any atom is -0.371 e. The molecule has 0 spiro atoms. The number of aryl methyl sites for hydroxylation is 1. The Balaban J connectivity index is 2.16. The van der Waals surface area contributed by atoms with E-state index in [1.54, 1.807) is 6.07 Å². The molecule has 0 radical (unpaired) electrons. The number of hydrogen-bond donors (Lipinski definition) is 1. The van der Waals surface area contributed by atoms with Crippen LogP contribution in [0.25, 0.3) is 4.85 Å². The second-order valence-corrected chi connectivity index (χ2v) is 8.77. The predicted molar refractivity (Wildman–Crippen MR) is 118 cm³/mol. The average molecular weight is 432 g/mol. The fourth-order valence-corrected chi connectivity index (χ4v) is 3.35. The molecular formula is C24H28F3N3O. The Hall–Kier alpha value is -3.01. The average Bonchev–Trinajstić information content (AvgIpc) is 2.66. The maximum absolute atomic E-state index is 13.4. The minimum absolute atomic E-state index is 0.114. The molecule has 166 valence electrons. The predicted octanol–water partition coefficient (Wildman–Crippen LogP) is 6.70. The molecule has 0 fully saturated rings. The van der Waals surface area contributed by atoms with Crippen molar-refractivity contribution in [2.24, 2.45) is 5.41 Å². The van der Waals surface area contributed by atoms with Crippen LogP contribution < -0.4 is 10.2 Å². The molecule has 2 aromatic rings. The van der Waals surface area contributed by atoms with Crippen molar-refractivity contribution in [3.8, 4) is 0 Å². The number of rotatable bonds is 7. The number of carbonyl (C=O) groups excluding carboxylic acids is 1. The molecule has 1 N–H and O–H groups in total. The van der Waals surface area contributed by atoms with Gasteiger partial charge in [0, 0.05) is 31.4 Å². The van der Waals surface area contributed by atoms with Crippen molar-refractivity contribution < 1.29 is 18.0 Å². The molecule has 31 heavy (non-hydrogen) atoms. The van der Waals surface area contributed by atoms with E-state index in [0.29, 0.717) is 18.8 Å². The lowest BCUT2D eigenvalue weighted by Gasteiger charge is -2.32. The zero-order valence-corrected chi connectivity index (χ0v) is 18.3.